The Morgan fingerprint density at radius 1 is 1.38 bits per heavy atom. The molecule has 0 bridgehead atoms. The first kappa shape index (κ1) is 22.2. The van der Waals surface area contributed by atoms with Crippen LogP contribution < -0.4 is 15.4 Å². The van der Waals surface area contributed by atoms with E-state index in [1.807, 2.05) is 11.8 Å². The number of nitrogens with zero attached hydrogens (tertiary/aromatic N) is 1. The van der Waals surface area contributed by atoms with Crippen molar-refractivity contribution in [2.75, 3.05) is 23.6 Å². The topological polar surface area (TPSA) is 83.1 Å². The minimum atomic E-state index is -4.29. The summed E-state index contributed by atoms with van der Waals surface area (Å²) in [6.07, 6.45) is 3.04. The van der Waals surface area contributed by atoms with E-state index in [0.29, 0.717) is 34.9 Å². The van der Waals surface area contributed by atoms with E-state index >= 15 is 0 Å². The Morgan fingerprint density at radius 2 is 2.07 bits per heavy atom. The molecule has 1 saturated carbocycles. The van der Waals surface area contributed by atoms with Crippen LogP contribution in [0.2, 0.25) is 5.02 Å². The molecule has 1 aromatic heterocycles. The quantitative estimate of drug-likeness (QED) is 0.515. The van der Waals surface area contributed by atoms with Gasteiger partial charge in [-0.2, -0.15) is 4.39 Å². The van der Waals surface area contributed by atoms with Gasteiger partial charge in [-0.1, -0.05) is 36.8 Å². The van der Waals surface area contributed by atoms with Crippen LogP contribution in [0.5, 0.6) is 0 Å². The molecule has 1 unspecified atom stereocenters. The molecule has 1 aromatic carbocycles. The molecule has 0 aliphatic heterocycles. The van der Waals surface area contributed by atoms with Crippen LogP contribution >= 0.6 is 22.9 Å². The maximum Gasteiger partial charge on any atom is 0.266 e. The molecule has 29 heavy (non-hydrogen) atoms. The second-order valence-corrected chi connectivity index (χ2v) is 10.9. The van der Waals surface area contributed by atoms with Crippen molar-refractivity contribution >= 4 is 43.8 Å². The molecule has 0 radical (unpaired) electrons. The highest BCUT2D eigenvalue weighted by atomic mass is 35.5. The molecule has 1 aliphatic rings. The summed E-state index contributed by atoms with van der Waals surface area (Å²) in [5.74, 6) is -0.325. The molecule has 3 N–H and O–H groups in total. The number of nitrogens with one attached hydrogen (secondary N) is 3. The Kier molecular flexibility index (Phi) is 6.38. The summed E-state index contributed by atoms with van der Waals surface area (Å²) in [4.78, 5) is 2.94. The van der Waals surface area contributed by atoms with Gasteiger partial charge < -0.3 is 10.6 Å². The van der Waals surface area contributed by atoms with Crippen LogP contribution in [0.25, 0.3) is 0 Å². The molecule has 0 saturated heterocycles. The van der Waals surface area contributed by atoms with Crippen molar-refractivity contribution < 1.29 is 17.2 Å². The minimum absolute atomic E-state index is 0.0682. The van der Waals surface area contributed by atoms with Gasteiger partial charge in [0.2, 0.25) is 0 Å². The molecule has 0 amide bonds. The van der Waals surface area contributed by atoms with E-state index in [9.17, 15) is 17.2 Å². The van der Waals surface area contributed by atoms with Gasteiger partial charge in [0.05, 0.1) is 16.9 Å². The molecular formula is C18H23ClF2N4O2S2. The maximum absolute atomic E-state index is 14.5. The lowest BCUT2D eigenvalue weighted by molar-refractivity contribution is 0.453. The second-order valence-electron chi connectivity index (χ2n) is 7.83. The lowest BCUT2D eigenvalue weighted by Crippen LogP contribution is -2.33. The van der Waals surface area contributed by atoms with Gasteiger partial charge in [0.15, 0.2) is 10.3 Å². The molecule has 1 aliphatic carbocycles. The third-order valence-corrected chi connectivity index (χ3v) is 7.74. The Morgan fingerprint density at radius 3 is 2.62 bits per heavy atom. The van der Waals surface area contributed by atoms with Crippen LogP contribution in [0, 0.1) is 22.3 Å². The Labute approximate surface area is 178 Å². The van der Waals surface area contributed by atoms with Gasteiger partial charge in [0, 0.05) is 12.6 Å². The van der Waals surface area contributed by atoms with E-state index in [-0.39, 0.29) is 16.2 Å². The summed E-state index contributed by atoms with van der Waals surface area (Å²) in [5, 5.41) is 5.54. The number of benzene rings is 1. The molecule has 0 spiro atoms. The third-order valence-electron chi connectivity index (χ3n) is 5.24. The number of thiazole rings is 1. The highest BCUT2D eigenvalue weighted by Crippen LogP contribution is 2.54. The Bertz CT molecular complexity index is 998. The largest absolute Gasteiger partial charge is 0.382 e. The van der Waals surface area contributed by atoms with Gasteiger partial charge >= 0.3 is 0 Å². The van der Waals surface area contributed by atoms with Crippen LogP contribution in [0.1, 0.15) is 26.7 Å². The van der Waals surface area contributed by atoms with Gasteiger partial charge in [-0.15, -0.1) is 0 Å². The van der Waals surface area contributed by atoms with Crippen molar-refractivity contribution in [3.05, 3.63) is 34.3 Å². The van der Waals surface area contributed by atoms with Crippen molar-refractivity contribution in [2.24, 2.45) is 11.3 Å². The minimum Gasteiger partial charge on any atom is -0.382 e. The van der Waals surface area contributed by atoms with Crippen LogP contribution in [-0.4, -0.2) is 33.0 Å². The SMILES string of the molecule is CN[C@H](CNc1cc(F)c(S(=O)(=O)Nc2ncc(F)s2)cc1Cl)CC1CC1(C)C. The van der Waals surface area contributed by atoms with E-state index < -0.39 is 25.9 Å². The molecule has 2 atom stereocenters. The zero-order valence-corrected chi connectivity index (χ0v) is 18.6. The maximum atomic E-state index is 14.5. The Balaban J connectivity index is 1.70. The van der Waals surface area contributed by atoms with Crippen molar-refractivity contribution in [3.8, 4) is 0 Å². The summed E-state index contributed by atoms with van der Waals surface area (Å²) in [6.45, 7) is 4.99. The van der Waals surface area contributed by atoms with E-state index in [4.69, 9.17) is 11.6 Å². The van der Waals surface area contributed by atoms with Gasteiger partial charge in [-0.3, -0.25) is 4.72 Å². The van der Waals surface area contributed by atoms with Crippen molar-refractivity contribution in [1.29, 1.82) is 0 Å². The zero-order chi connectivity index (χ0) is 21.4. The number of rotatable bonds is 9. The van der Waals surface area contributed by atoms with Gasteiger partial charge in [0.25, 0.3) is 10.0 Å². The highest BCUT2D eigenvalue weighted by molar-refractivity contribution is 7.93. The van der Waals surface area contributed by atoms with Gasteiger partial charge in [0.1, 0.15) is 10.7 Å². The molecule has 1 fully saturated rings. The molecule has 6 nitrogen and oxygen atoms in total. The fourth-order valence-corrected chi connectivity index (χ4v) is 5.37. The summed E-state index contributed by atoms with van der Waals surface area (Å²) >= 11 is 6.69. The molecule has 1 heterocycles. The standard InChI is InChI=1S/C18H23ClF2N4O2S2/c1-18(2)7-10(18)4-11(22-3)8-23-14-6-13(20)15(5-12(14)19)29(26,27)25-17-24-9-16(21)28-17/h5-6,9-11,22-23H,4,7-8H2,1-3H3,(H,24,25)/t10?,11-/m0/s1. The number of hydrogen-bond donors (Lipinski definition) is 3. The number of anilines is 2. The first-order valence-electron chi connectivity index (χ1n) is 9.06. The van der Waals surface area contributed by atoms with E-state index in [0.717, 1.165) is 24.8 Å². The second kappa shape index (κ2) is 8.33. The van der Waals surface area contributed by atoms with E-state index in [1.165, 1.54) is 6.42 Å². The van der Waals surface area contributed by atoms with Crippen molar-refractivity contribution in [2.45, 2.75) is 37.6 Å². The summed E-state index contributed by atoms with van der Waals surface area (Å²) < 4.78 is 54.4. The first-order valence-corrected chi connectivity index (χ1v) is 11.7. The van der Waals surface area contributed by atoms with Crippen LogP contribution in [0.3, 0.4) is 0 Å². The van der Waals surface area contributed by atoms with E-state index in [2.05, 4.69) is 29.5 Å². The normalized spacial score (nSPS) is 19.0. The fraction of sp³-hybridized carbons (Fsp3) is 0.500. The van der Waals surface area contributed by atoms with Crippen LogP contribution in [0.4, 0.5) is 19.6 Å². The summed E-state index contributed by atoms with van der Waals surface area (Å²) in [7, 11) is -2.43. The predicted octanol–water partition coefficient (Wildman–Crippen LogP) is 4.31. The monoisotopic (exact) mass is 464 g/mol. The lowest BCUT2D eigenvalue weighted by Gasteiger charge is -2.19. The van der Waals surface area contributed by atoms with Crippen LogP contribution in [0.15, 0.2) is 23.2 Å². The third kappa shape index (κ3) is 5.36. The molecule has 2 aromatic rings. The number of hydrogen-bond acceptors (Lipinski definition) is 6. The Hall–Kier alpha value is -1.49. The molecule has 11 heteroatoms. The molecular weight excluding hydrogens is 442 g/mol. The van der Waals surface area contributed by atoms with Crippen LogP contribution in [-0.2, 0) is 10.0 Å². The van der Waals surface area contributed by atoms with Crippen molar-refractivity contribution in [1.82, 2.24) is 10.3 Å². The zero-order valence-electron chi connectivity index (χ0n) is 16.2. The number of aromatic nitrogens is 1. The lowest BCUT2D eigenvalue weighted by atomic mass is 10.0. The summed E-state index contributed by atoms with van der Waals surface area (Å²) in [6, 6.07) is 2.25. The molecule has 160 valence electrons. The number of sulfonamides is 1. The first-order chi connectivity index (χ1) is 13.5. The summed E-state index contributed by atoms with van der Waals surface area (Å²) in [5.41, 5.74) is 0.668. The average Bonchev–Trinajstić information content (AvgIpc) is 3.02. The highest BCUT2D eigenvalue weighted by Gasteiger charge is 2.45. The van der Waals surface area contributed by atoms with E-state index in [1.54, 1.807) is 0 Å². The van der Waals surface area contributed by atoms with Crippen molar-refractivity contribution in [3.63, 3.8) is 0 Å². The van der Waals surface area contributed by atoms with Gasteiger partial charge in [-0.05, 0) is 43.4 Å². The predicted molar refractivity (Wildman–Crippen MR) is 112 cm³/mol. The molecule has 3 rings (SSSR count). The van der Waals surface area contributed by atoms with Gasteiger partial charge in [-0.25, -0.2) is 17.8 Å². The smallest absolute Gasteiger partial charge is 0.266 e. The number of likely N-dealkylation sites (N-methyl/N-ethyl adjacent to an activating group) is 1. The average molecular weight is 465 g/mol. The number of halogens is 3. The fourth-order valence-electron chi connectivity index (χ4n) is 3.20.